The lowest BCUT2D eigenvalue weighted by atomic mass is 9.39. The first-order chi connectivity index (χ1) is 27.9. The van der Waals surface area contributed by atoms with Gasteiger partial charge in [0.25, 0.3) is 10.1 Å². The molecule has 4 atom stereocenters. The highest BCUT2D eigenvalue weighted by atomic mass is 32.2. The topological polar surface area (TPSA) is 239 Å². The average Bonchev–Trinajstić information content (AvgIpc) is 3.13. The smallest absolute Gasteiger partial charge is 0.410 e. The number of carbonyl (C=O) groups excluding carboxylic acids is 4. The third-order valence-corrected chi connectivity index (χ3v) is 13.0. The molecule has 1 aromatic rings. The first-order valence-corrected chi connectivity index (χ1v) is 22.6. The molecule has 4 aliphatic rings. The monoisotopic (exact) mass is 862 g/mol. The van der Waals surface area contributed by atoms with Crippen LogP contribution in [0.4, 0.5) is 15.3 Å². The molecule has 0 heterocycles. The highest BCUT2D eigenvalue weighted by Crippen LogP contribution is 2.71. The van der Waals surface area contributed by atoms with Crippen LogP contribution in [0.25, 0.3) is 0 Å². The van der Waals surface area contributed by atoms with E-state index in [0.717, 1.165) is 57.3 Å². The quantitative estimate of drug-likeness (QED) is 0.0516. The van der Waals surface area contributed by atoms with Gasteiger partial charge >= 0.3 is 12.1 Å². The van der Waals surface area contributed by atoms with Crippen LogP contribution in [0.2, 0.25) is 0 Å². The Hall–Kier alpha value is -3.97. The van der Waals surface area contributed by atoms with Crippen molar-refractivity contribution < 1.29 is 41.6 Å². The predicted molar refractivity (Wildman–Crippen MR) is 230 cm³/mol. The number of nitrogens with one attached hydrogen (secondary N) is 3. The Labute approximate surface area is 356 Å². The van der Waals surface area contributed by atoms with Crippen molar-refractivity contribution in [1.82, 2.24) is 25.6 Å². The number of primary amides is 1. The third-order valence-electron chi connectivity index (χ3n) is 12.3. The summed E-state index contributed by atoms with van der Waals surface area (Å²) in [5.41, 5.74) is 13.0. The summed E-state index contributed by atoms with van der Waals surface area (Å²) >= 11 is 0. The first-order valence-electron chi connectivity index (χ1n) is 21.0. The second kappa shape index (κ2) is 19.8. The van der Waals surface area contributed by atoms with Crippen molar-refractivity contribution in [1.29, 1.82) is 0 Å². The van der Waals surface area contributed by atoms with Crippen molar-refractivity contribution in [2.75, 3.05) is 57.4 Å². The van der Waals surface area contributed by atoms with Gasteiger partial charge in [-0.05, 0) is 98.1 Å². The summed E-state index contributed by atoms with van der Waals surface area (Å²) in [5.74, 6) is -1.78. The Morgan fingerprint density at radius 2 is 1.62 bits per heavy atom. The number of benzene rings is 1. The van der Waals surface area contributed by atoms with Gasteiger partial charge in [-0.1, -0.05) is 53.3 Å². The van der Waals surface area contributed by atoms with Gasteiger partial charge in [0.05, 0.1) is 24.0 Å². The lowest BCUT2D eigenvalue weighted by Gasteiger charge is -2.70. The Morgan fingerprint density at radius 1 is 0.983 bits per heavy atom. The van der Waals surface area contributed by atoms with Gasteiger partial charge in [0, 0.05) is 51.2 Å². The number of anilines is 1. The maximum atomic E-state index is 13.5. The molecule has 5 rings (SSSR count). The minimum atomic E-state index is -4.37. The zero-order chi connectivity index (χ0) is 44.7. The summed E-state index contributed by atoms with van der Waals surface area (Å²) in [7, 11) is -2.28. The molecule has 17 nitrogen and oxygen atoms in total. The third kappa shape index (κ3) is 13.5. The zero-order valence-corrected chi connectivity index (χ0v) is 37.5. The minimum Gasteiger partial charge on any atom is -0.445 e. The Morgan fingerprint density at radius 3 is 2.17 bits per heavy atom. The van der Waals surface area contributed by atoms with Crippen LogP contribution in [-0.2, 0) is 35.8 Å². The highest BCUT2D eigenvalue weighted by Gasteiger charge is 2.66. The van der Waals surface area contributed by atoms with E-state index >= 15 is 0 Å². The van der Waals surface area contributed by atoms with Gasteiger partial charge in [-0.3, -0.25) is 14.1 Å². The molecule has 0 spiro atoms. The van der Waals surface area contributed by atoms with E-state index in [-0.39, 0.29) is 61.4 Å². The molecule has 5 amide bonds. The molecular weight excluding hydrogens is 793 g/mol. The lowest BCUT2D eigenvalue weighted by molar-refractivity contribution is -0.252. The highest BCUT2D eigenvalue weighted by molar-refractivity contribution is 7.85. The van der Waals surface area contributed by atoms with Crippen LogP contribution in [0.1, 0.15) is 98.5 Å². The van der Waals surface area contributed by atoms with Crippen LogP contribution in [0.15, 0.2) is 36.5 Å². The summed E-state index contributed by atoms with van der Waals surface area (Å²) in [4.78, 5) is 51.7. The number of hydrogen-bond acceptors (Lipinski definition) is 11. The number of ether oxygens (including phenoxy) is 2. The van der Waals surface area contributed by atoms with E-state index in [4.69, 9.17) is 20.9 Å². The molecule has 60 heavy (non-hydrogen) atoms. The number of rotatable bonds is 23. The SMILES string of the molecule is C=C(C)N(CC12CC3(C)CC(C)(C1)CC(OCCN(CCS(=O)(=O)O)C(=O)OCc1ccc(NC(=O)[C@H](CCCNC(N)=O)NC(=O)[C@@H](N)C(C)C)cc1)(C3)C2)N(C)CC. The van der Waals surface area contributed by atoms with Crippen molar-refractivity contribution in [3.8, 4) is 0 Å². The van der Waals surface area contributed by atoms with Gasteiger partial charge in [-0.15, -0.1) is 0 Å². The van der Waals surface area contributed by atoms with Gasteiger partial charge in [-0.25, -0.2) is 14.6 Å². The van der Waals surface area contributed by atoms with Crippen molar-refractivity contribution in [3.05, 3.63) is 42.1 Å². The summed E-state index contributed by atoms with van der Waals surface area (Å²) in [6.07, 6.45) is 5.86. The average molecular weight is 863 g/mol. The Bertz CT molecular complexity index is 1790. The molecule has 0 aromatic heterocycles. The van der Waals surface area contributed by atoms with Crippen LogP contribution in [0, 0.1) is 22.2 Å². The summed E-state index contributed by atoms with van der Waals surface area (Å²) in [6.45, 7) is 18.5. The fraction of sp³-hybridized carbons (Fsp3) is 0.714. The number of carbonyl (C=O) groups is 4. The van der Waals surface area contributed by atoms with Gasteiger partial charge < -0.3 is 46.8 Å². The lowest BCUT2D eigenvalue weighted by Crippen LogP contribution is -2.66. The van der Waals surface area contributed by atoms with E-state index in [1.165, 1.54) is 4.90 Å². The van der Waals surface area contributed by atoms with E-state index in [9.17, 15) is 32.1 Å². The van der Waals surface area contributed by atoms with Gasteiger partial charge in [-0.2, -0.15) is 8.42 Å². The molecule has 4 saturated carbocycles. The Kier molecular flexibility index (Phi) is 16.1. The van der Waals surface area contributed by atoms with E-state index in [1.54, 1.807) is 38.1 Å². The molecule has 338 valence electrons. The molecule has 4 aliphatic carbocycles. The van der Waals surface area contributed by atoms with Crippen LogP contribution in [-0.4, -0.2) is 122 Å². The fourth-order valence-corrected chi connectivity index (χ4v) is 11.0. The second-order valence-corrected chi connectivity index (χ2v) is 20.3. The number of nitrogens with two attached hydrogens (primary N) is 2. The molecule has 8 N–H and O–H groups in total. The number of nitrogens with zero attached hydrogens (tertiary/aromatic N) is 3. The summed E-state index contributed by atoms with van der Waals surface area (Å²) in [5, 5.41) is 12.4. The first kappa shape index (κ1) is 48.7. The molecule has 0 aliphatic heterocycles. The molecule has 18 heteroatoms. The maximum Gasteiger partial charge on any atom is 0.410 e. The largest absolute Gasteiger partial charge is 0.445 e. The van der Waals surface area contributed by atoms with Crippen molar-refractivity contribution in [2.24, 2.45) is 33.6 Å². The minimum absolute atomic E-state index is 0.0205. The maximum absolute atomic E-state index is 13.5. The number of amides is 5. The van der Waals surface area contributed by atoms with Gasteiger partial charge in [0.2, 0.25) is 11.8 Å². The number of hydrogen-bond donors (Lipinski definition) is 6. The van der Waals surface area contributed by atoms with Crippen LogP contribution in [0.5, 0.6) is 0 Å². The van der Waals surface area contributed by atoms with E-state index in [1.807, 2.05) is 6.92 Å². The summed E-state index contributed by atoms with van der Waals surface area (Å²) in [6, 6.07) is 4.10. The normalized spacial score (nSPS) is 25.4. The standard InChI is InChI=1S/C42H70N8O9S/c1-9-48(8)50(30(4)5)28-41-23-39(6)22-40(7,24-41)26-42(25-39,27-41)59-19-17-49(18-20-60(55,56)57)38(54)58-21-31-12-14-32(15-13-31)46-35(51)33(11-10-16-45-37(44)53)47-36(52)34(43)29(2)3/h12-15,29,33-34H,4,9-11,16-28,43H2,1-3,5-8H3,(H,46,51)(H,47,52)(H3,44,45,53)(H,55,56,57)/t33-,34-,39?,40?,41?,42?/m0/s1. The second-order valence-electron chi connectivity index (χ2n) is 18.8. The van der Waals surface area contributed by atoms with Crippen LogP contribution in [0.3, 0.4) is 0 Å². The molecule has 0 saturated heterocycles. The van der Waals surface area contributed by atoms with Gasteiger partial charge in [0.15, 0.2) is 0 Å². The fourth-order valence-electron chi connectivity index (χ4n) is 10.6. The molecular formula is C42H70N8O9S. The zero-order valence-electron chi connectivity index (χ0n) is 36.7. The van der Waals surface area contributed by atoms with E-state index in [0.29, 0.717) is 17.7 Å². The summed E-state index contributed by atoms with van der Waals surface area (Å²) < 4.78 is 45.5. The van der Waals surface area contributed by atoms with Crippen LogP contribution >= 0.6 is 0 Å². The number of allylic oxidation sites excluding steroid dienone is 1. The van der Waals surface area contributed by atoms with Gasteiger partial charge in [0.1, 0.15) is 12.6 Å². The molecule has 2 unspecified atom stereocenters. The molecule has 4 fully saturated rings. The number of hydrazine groups is 1. The molecule has 1 aromatic carbocycles. The van der Waals surface area contributed by atoms with Crippen LogP contribution < -0.4 is 27.4 Å². The molecule has 0 radical (unpaired) electrons. The van der Waals surface area contributed by atoms with E-state index in [2.05, 4.69) is 60.4 Å². The van der Waals surface area contributed by atoms with Crippen molar-refractivity contribution >= 4 is 39.7 Å². The number of urea groups is 1. The van der Waals surface area contributed by atoms with Crippen molar-refractivity contribution in [2.45, 2.75) is 117 Å². The molecule has 4 bridgehead atoms. The van der Waals surface area contributed by atoms with E-state index < -0.39 is 57.5 Å². The Balaban J connectivity index is 1.38. The van der Waals surface area contributed by atoms with Crippen molar-refractivity contribution in [3.63, 3.8) is 0 Å². The predicted octanol–water partition coefficient (Wildman–Crippen LogP) is 4.21.